The van der Waals surface area contributed by atoms with E-state index in [0.717, 1.165) is 30.0 Å². The highest BCUT2D eigenvalue weighted by molar-refractivity contribution is 6.30. The summed E-state index contributed by atoms with van der Waals surface area (Å²) in [5.41, 5.74) is 1.81. The number of piperidine rings is 1. The van der Waals surface area contributed by atoms with Crippen LogP contribution in [0.25, 0.3) is 11.5 Å². The van der Waals surface area contributed by atoms with E-state index in [1.165, 1.54) is 0 Å². The highest BCUT2D eigenvalue weighted by atomic mass is 35.5. The summed E-state index contributed by atoms with van der Waals surface area (Å²) in [4.78, 5) is 18.3. The summed E-state index contributed by atoms with van der Waals surface area (Å²) < 4.78 is 5.84. The molecule has 25 heavy (non-hydrogen) atoms. The maximum absolute atomic E-state index is 11.3. The van der Waals surface area contributed by atoms with Crippen molar-refractivity contribution in [2.75, 3.05) is 6.54 Å². The monoisotopic (exact) mass is 362 g/mol. The first-order valence-corrected chi connectivity index (χ1v) is 9.04. The molecule has 1 aromatic carbocycles. The van der Waals surface area contributed by atoms with E-state index in [4.69, 9.17) is 16.0 Å². The molecule has 1 aliphatic rings. The molecule has 0 amide bonds. The van der Waals surface area contributed by atoms with Crippen molar-refractivity contribution < 1.29 is 14.3 Å². The fraction of sp³-hybridized carbons (Fsp3) is 0.474. The lowest BCUT2D eigenvalue weighted by molar-refractivity contribution is -0.144. The number of nitrogens with zero attached hydrogens (tertiary/aromatic N) is 2. The maximum Gasteiger partial charge on any atom is 0.306 e. The zero-order valence-corrected chi connectivity index (χ0v) is 15.3. The smallest absolute Gasteiger partial charge is 0.306 e. The minimum absolute atomic E-state index is 0.232. The molecule has 1 N–H and O–H groups in total. The Bertz CT molecular complexity index is 742. The molecule has 1 fully saturated rings. The summed E-state index contributed by atoms with van der Waals surface area (Å²) >= 11 is 5.93. The lowest BCUT2D eigenvalue weighted by atomic mass is 9.89. The average Bonchev–Trinajstić information content (AvgIpc) is 2.96. The molecule has 2 unspecified atom stereocenters. The molecule has 2 atom stereocenters. The van der Waals surface area contributed by atoms with Gasteiger partial charge in [-0.15, -0.1) is 0 Å². The quantitative estimate of drug-likeness (QED) is 0.855. The molecule has 134 valence electrons. The van der Waals surface area contributed by atoms with Gasteiger partial charge < -0.3 is 9.52 Å². The van der Waals surface area contributed by atoms with Crippen LogP contribution in [-0.4, -0.2) is 33.5 Å². The summed E-state index contributed by atoms with van der Waals surface area (Å²) in [6, 6.07) is 7.69. The van der Waals surface area contributed by atoms with E-state index in [0.29, 0.717) is 30.3 Å². The van der Waals surface area contributed by atoms with Crippen molar-refractivity contribution in [1.29, 1.82) is 0 Å². The van der Waals surface area contributed by atoms with Crippen molar-refractivity contribution >= 4 is 17.6 Å². The SMILES string of the molecule is CCC1CC(C(=O)O)CCN1Cc1nc(-c2ccc(Cl)cc2)oc1C. The predicted molar refractivity (Wildman–Crippen MR) is 96.5 cm³/mol. The minimum Gasteiger partial charge on any atom is -0.481 e. The highest BCUT2D eigenvalue weighted by Crippen LogP contribution is 2.29. The van der Waals surface area contributed by atoms with E-state index < -0.39 is 5.97 Å². The normalized spacial score (nSPS) is 21.4. The van der Waals surface area contributed by atoms with Crippen molar-refractivity contribution in [3.05, 3.63) is 40.7 Å². The molecule has 1 aliphatic heterocycles. The van der Waals surface area contributed by atoms with Gasteiger partial charge in [0.15, 0.2) is 0 Å². The van der Waals surface area contributed by atoms with E-state index in [2.05, 4.69) is 16.8 Å². The molecule has 0 radical (unpaired) electrons. The maximum atomic E-state index is 11.3. The third kappa shape index (κ3) is 4.05. The van der Waals surface area contributed by atoms with Gasteiger partial charge in [0.2, 0.25) is 5.89 Å². The first-order valence-electron chi connectivity index (χ1n) is 8.67. The number of halogens is 1. The van der Waals surface area contributed by atoms with Crippen molar-refractivity contribution in [3.63, 3.8) is 0 Å². The minimum atomic E-state index is -0.680. The van der Waals surface area contributed by atoms with E-state index in [9.17, 15) is 9.90 Å². The summed E-state index contributed by atoms with van der Waals surface area (Å²) in [6.45, 7) is 5.50. The highest BCUT2D eigenvalue weighted by Gasteiger charge is 2.32. The van der Waals surface area contributed by atoms with Crippen LogP contribution in [0.15, 0.2) is 28.7 Å². The van der Waals surface area contributed by atoms with Gasteiger partial charge in [-0.2, -0.15) is 0 Å². The second-order valence-corrected chi connectivity index (χ2v) is 7.06. The lowest BCUT2D eigenvalue weighted by Crippen LogP contribution is -2.43. The number of oxazole rings is 1. The van der Waals surface area contributed by atoms with Crippen LogP contribution in [0.5, 0.6) is 0 Å². The third-order valence-corrected chi connectivity index (χ3v) is 5.25. The van der Waals surface area contributed by atoms with Gasteiger partial charge in [-0.25, -0.2) is 4.98 Å². The van der Waals surface area contributed by atoms with Crippen LogP contribution in [0, 0.1) is 12.8 Å². The van der Waals surface area contributed by atoms with Gasteiger partial charge in [0, 0.05) is 23.2 Å². The largest absolute Gasteiger partial charge is 0.481 e. The molecule has 1 aromatic heterocycles. The summed E-state index contributed by atoms with van der Waals surface area (Å²) in [7, 11) is 0. The molecule has 0 saturated carbocycles. The Kier molecular flexibility index (Phi) is 5.45. The Labute approximate surface area is 152 Å². The van der Waals surface area contributed by atoms with Gasteiger partial charge in [0.05, 0.1) is 11.6 Å². The van der Waals surface area contributed by atoms with Gasteiger partial charge in [0.25, 0.3) is 0 Å². The Morgan fingerprint density at radius 1 is 1.40 bits per heavy atom. The zero-order valence-electron chi connectivity index (χ0n) is 14.5. The number of benzene rings is 1. The fourth-order valence-electron chi connectivity index (χ4n) is 3.44. The predicted octanol–water partition coefficient (Wildman–Crippen LogP) is 4.38. The van der Waals surface area contributed by atoms with Gasteiger partial charge >= 0.3 is 5.97 Å². The number of carboxylic acid groups (broad SMARTS) is 1. The van der Waals surface area contributed by atoms with Crippen LogP contribution >= 0.6 is 11.6 Å². The number of aryl methyl sites for hydroxylation is 1. The number of hydrogen-bond donors (Lipinski definition) is 1. The second kappa shape index (κ2) is 7.58. The number of aliphatic carboxylic acids is 1. The number of carbonyl (C=O) groups is 1. The molecule has 0 aliphatic carbocycles. The van der Waals surface area contributed by atoms with Crippen LogP contribution in [0.3, 0.4) is 0 Å². The Hall–Kier alpha value is -1.85. The standard InChI is InChI=1S/C19H23ClN2O3/c1-3-16-10-14(19(23)24)8-9-22(16)11-17-12(2)25-18(21-17)13-4-6-15(20)7-5-13/h4-7,14,16H,3,8-11H2,1-2H3,(H,23,24). The van der Waals surface area contributed by atoms with E-state index in [1.807, 2.05) is 31.2 Å². The van der Waals surface area contributed by atoms with Crippen LogP contribution in [0.4, 0.5) is 0 Å². The number of aromatic nitrogens is 1. The molecular formula is C19H23ClN2O3. The second-order valence-electron chi connectivity index (χ2n) is 6.62. The van der Waals surface area contributed by atoms with Crippen LogP contribution < -0.4 is 0 Å². The number of hydrogen-bond acceptors (Lipinski definition) is 4. The molecule has 2 aromatic rings. The van der Waals surface area contributed by atoms with E-state index >= 15 is 0 Å². The number of carboxylic acids is 1. The van der Waals surface area contributed by atoms with Crippen LogP contribution in [0.1, 0.15) is 37.6 Å². The molecule has 0 spiro atoms. The van der Waals surface area contributed by atoms with Crippen LogP contribution in [-0.2, 0) is 11.3 Å². The summed E-state index contributed by atoms with van der Waals surface area (Å²) in [5.74, 6) is 0.489. The molecule has 1 saturated heterocycles. The van der Waals surface area contributed by atoms with Gasteiger partial charge in [-0.1, -0.05) is 18.5 Å². The topological polar surface area (TPSA) is 66.6 Å². The zero-order chi connectivity index (χ0) is 18.0. The third-order valence-electron chi connectivity index (χ3n) is 4.99. The fourth-order valence-corrected chi connectivity index (χ4v) is 3.57. The van der Waals surface area contributed by atoms with Gasteiger partial charge in [0.1, 0.15) is 5.76 Å². The number of likely N-dealkylation sites (tertiary alicyclic amines) is 1. The van der Waals surface area contributed by atoms with Crippen molar-refractivity contribution in [2.24, 2.45) is 5.92 Å². The van der Waals surface area contributed by atoms with Crippen molar-refractivity contribution in [2.45, 2.75) is 45.7 Å². The molecule has 0 bridgehead atoms. The lowest BCUT2D eigenvalue weighted by Gasteiger charge is -2.37. The Morgan fingerprint density at radius 3 is 2.76 bits per heavy atom. The van der Waals surface area contributed by atoms with Gasteiger partial charge in [-0.05, 0) is 57.0 Å². The average molecular weight is 363 g/mol. The molecule has 3 rings (SSSR count). The van der Waals surface area contributed by atoms with E-state index in [-0.39, 0.29) is 12.0 Å². The molecule has 2 heterocycles. The summed E-state index contributed by atoms with van der Waals surface area (Å²) in [6.07, 6.45) is 2.32. The molecule has 6 heteroatoms. The Balaban J connectivity index is 1.74. The van der Waals surface area contributed by atoms with Crippen molar-refractivity contribution in [3.8, 4) is 11.5 Å². The van der Waals surface area contributed by atoms with Crippen LogP contribution in [0.2, 0.25) is 5.02 Å². The Morgan fingerprint density at radius 2 is 2.12 bits per heavy atom. The van der Waals surface area contributed by atoms with E-state index in [1.54, 1.807) is 0 Å². The first kappa shape index (κ1) is 18.0. The van der Waals surface area contributed by atoms with Gasteiger partial charge in [-0.3, -0.25) is 9.69 Å². The molecular weight excluding hydrogens is 340 g/mol. The summed E-state index contributed by atoms with van der Waals surface area (Å²) in [5, 5.41) is 9.95. The van der Waals surface area contributed by atoms with Crippen molar-refractivity contribution in [1.82, 2.24) is 9.88 Å². The molecule has 5 nitrogen and oxygen atoms in total. The number of rotatable bonds is 5. The first-order chi connectivity index (χ1) is 12.0.